The maximum Gasteiger partial charge on any atom is 0.243 e. The van der Waals surface area contributed by atoms with Crippen molar-refractivity contribution in [3.8, 4) is 0 Å². The molecule has 1 aliphatic heterocycles. The lowest BCUT2D eigenvalue weighted by molar-refractivity contribution is 0.189. The van der Waals surface area contributed by atoms with E-state index in [1.54, 1.807) is 12.1 Å². The molecule has 100 valence electrons. The molecule has 1 aliphatic rings. The van der Waals surface area contributed by atoms with Crippen LogP contribution >= 0.6 is 0 Å². The minimum absolute atomic E-state index is 0.167. The molecule has 1 aromatic rings. The SMILES string of the molecule is CCc1ccc(N)cc1S(=O)(=O)N1CCC(O)C1. The molecule has 1 saturated heterocycles. The van der Waals surface area contributed by atoms with Gasteiger partial charge in [-0.2, -0.15) is 4.31 Å². The summed E-state index contributed by atoms with van der Waals surface area (Å²) in [5.41, 5.74) is 6.86. The maximum absolute atomic E-state index is 12.5. The van der Waals surface area contributed by atoms with Gasteiger partial charge in [0.2, 0.25) is 10.0 Å². The highest BCUT2D eigenvalue weighted by Crippen LogP contribution is 2.26. The monoisotopic (exact) mass is 270 g/mol. The third kappa shape index (κ3) is 2.36. The topological polar surface area (TPSA) is 83.6 Å². The molecule has 0 amide bonds. The van der Waals surface area contributed by atoms with Gasteiger partial charge in [0.1, 0.15) is 0 Å². The normalized spacial score (nSPS) is 21.3. The molecule has 0 aromatic heterocycles. The summed E-state index contributed by atoms with van der Waals surface area (Å²) in [4.78, 5) is 0.263. The minimum Gasteiger partial charge on any atom is -0.399 e. The third-order valence-corrected chi connectivity index (χ3v) is 5.16. The molecule has 6 heteroatoms. The molecule has 1 unspecified atom stereocenters. The Morgan fingerprint density at radius 2 is 2.22 bits per heavy atom. The second-order valence-electron chi connectivity index (χ2n) is 4.53. The summed E-state index contributed by atoms with van der Waals surface area (Å²) in [6.07, 6.45) is 0.555. The number of nitrogen functional groups attached to an aromatic ring is 1. The van der Waals surface area contributed by atoms with Crippen LogP contribution in [-0.2, 0) is 16.4 Å². The molecule has 1 aromatic carbocycles. The molecular weight excluding hydrogens is 252 g/mol. The Balaban J connectivity index is 2.43. The highest BCUT2D eigenvalue weighted by atomic mass is 32.2. The molecule has 5 nitrogen and oxygen atoms in total. The standard InChI is InChI=1S/C12H18N2O3S/c1-2-9-3-4-10(13)7-12(9)18(16,17)14-6-5-11(15)8-14/h3-4,7,11,15H,2,5-6,8,13H2,1H3. The Hall–Kier alpha value is -1.11. The average molecular weight is 270 g/mol. The van der Waals surface area contributed by atoms with Crippen LogP contribution in [0.5, 0.6) is 0 Å². The first-order valence-electron chi connectivity index (χ1n) is 6.01. The van der Waals surface area contributed by atoms with Crippen molar-refractivity contribution in [3.05, 3.63) is 23.8 Å². The van der Waals surface area contributed by atoms with Crippen LogP contribution in [0, 0.1) is 0 Å². The number of aliphatic hydroxyl groups is 1. The second-order valence-corrected chi connectivity index (χ2v) is 6.43. The van der Waals surface area contributed by atoms with E-state index in [1.165, 1.54) is 10.4 Å². The molecular formula is C12H18N2O3S. The third-order valence-electron chi connectivity index (χ3n) is 3.22. The van der Waals surface area contributed by atoms with Crippen LogP contribution in [0.2, 0.25) is 0 Å². The molecule has 0 bridgehead atoms. The largest absolute Gasteiger partial charge is 0.399 e. The van der Waals surface area contributed by atoms with E-state index in [0.29, 0.717) is 25.1 Å². The van der Waals surface area contributed by atoms with Gasteiger partial charge in [-0.15, -0.1) is 0 Å². The Labute approximate surface area is 107 Å². The quantitative estimate of drug-likeness (QED) is 0.787. The average Bonchev–Trinajstić information content (AvgIpc) is 2.76. The molecule has 1 atom stereocenters. The van der Waals surface area contributed by atoms with Crippen LogP contribution in [0.3, 0.4) is 0 Å². The van der Waals surface area contributed by atoms with Crippen molar-refractivity contribution in [3.63, 3.8) is 0 Å². The number of nitrogens with two attached hydrogens (primary N) is 1. The zero-order valence-corrected chi connectivity index (χ0v) is 11.2. The van der Waals surface area contributed by atoms with Gasteiger partial charge in [0, 0.05) is 18.8 Å². The van der Waals surface area contributed by atoms with E-state index in [-0.39, 0.29) is 11.4 Å². The zero-order chi connectivity index (χ0) is 13.3. The highest BCUT2D eigenvalue weighted by Gasteiger charge is 2.32. The van der Waals surface area contributed by atoms with Crippen molar-refractivity contribution in [2.75, 3.05) is 18.8 Å². The molecule has 0 radical (unpaired) electrons. The first-order valence-corrected chi connectivity index (χ1v) is 7.45. The number of rotatable bonds is 3. The first-order chi connectivity index (χ1) is 8.45. The lowest BCUT2D eigenvalue weighted by atomic mass is 10.1. The van der Waals surface area contributed by atoms with Crippen molar-refractivity contribution >= 4 is 15.7 Å². The van der Waals surface area contributed by atoms with E-state index in [1.807, 2.05) is 6.92 Å². The van der Waals surface area contributed by atoms with E-state index in [0.717, 1.165) is 5.56 Å². The van der Waals surface area contributed by atoms with Crippen LogP contribution < -0.4 is 5.73 Å². The predicted octanol–water partition coefficient (Wildman–Crippen LogP) is 0.587. The van der Waals surface area contributed by atoms with Crippen molar-refractivity contribution in [2.24, 2.45) is 0 Å². The van der Waals surface area contributed by atoms with Gasteiger partial charge in [0.05, 0.1) is 11.0 Å². The van der Waals surface area contributed by atoms with E-state index in [9.17, 15) is 13.5 Å². The smallest absolute Gasteiger partial charge is 0.243 e. The number of hydrogen-bond donors (Lipinski definition) is 2. The van der Waals surface area contributed by atoms with Gasteiger partial charge in [-0.3, -0.25) is 0 Å². The Bertz CT molecular complexity index is 542. The van der Waals surface area contributed by atoms with Gasteiger partial charge in [0.25, 0.3) is 0 Å². The maximum atomic E-state index is 12.5. The fourth-order valence-electron chi connectivity index (χ4n) is 2.17. The summed E-state index contributed by atoms with van der Waals surface area (Å²) in [5, 5.41) is 9.46. The van der Waals surface area contributed by atoms with E-state index in [4.69, 9.17) is 5.73 Å². The van der Waals surface area contributed by atoms with Gasteiger partial charge in [0.15, 0.2) is 0 Å². The summed E-state index contributed by atoms with van der Waals surface area (Å²) >= 11 is 0. The van der Waals surface area contributed by atoms with Crippen LogP contribution in [0.4, 0.5) is 5.69 Å². The highest BCUT2D eigenvalue weighted by molar-refractivity contribution is 7.89. The summed E-state index contributed by atoms with van der Waals surface area (Å²) in [7, 11) is -3.54. The fourth-order valence-corrected chi connectivity index (χ4v) is 3.99. The lowest BCUT2D eigenvalue weighted by Gasteiger charge is -2.18. The van der Waals surface area contributed by atoms with Gasteiger partial charge in [-0.25, -0.2) is 8.42 Å². The van der Waals surface area contributed by atoms with Crippen LogP contribution in [0.25, 0.3) is 0 Å². The molecule has 3 N–H and O–H groups in total. The van der Waals surface area contributed by atoms with Crippen molar-refractivity contribution in [2.45, 2.75) is 30.8 Å². The summed E-state index contributed by atoms with van der Waals surface area (Å²) < 4.78 is 26.3. The van der Waals surface area contributed by atoms with Crippen molar-refractivity contribution < 1.29 is 13.5 Å². The van der Waals surface area contributed by atoms with E-state index >= 15 is 0 Å². The molecule has 0 spiro atoms. The van der Waals surface area contributed by atoms with Crippen molar-refractivity contribution in [1.82, 2.24) is 4.31 Å². The number of β-amino-alcohol motifs (C(OH)–C–C–N with tert-alkyl or cyclic N) is 1. The van der Waals surface area contributed by atoms with Gasteiger partial charge < -0.3 is 10.8 Å². The minimum atomic E-state index is -3.54. The number of hydrogen-bond acceptors (Lipinski definition) is 4. The molecule has 1 fully saturated rings. The Kier molecular flexibility index (Phi) is 3.61. The van der Waals surface area contributed by atoms with Gasteiger partial charge in [-0.1, -0.05) is 13.0 Å². The summed E-state index contributed by atoms with van der Waals surface area (Å²) in [6.45, 7) is 2.44. The first kappa shape index (κ1) is 13.3. The van der Waals surface area contributed by atoms with Crippen molar-refractivity contribution in [1.29, 1.82) is 0 Å². The number of aryl methyl sites for hydroxylation is 1. The van der Waals surface area contributed by atoms with E-state index < -0.39 is 16.1 Å². The zero-order valence-electron chi connectivity index (χ0n) is 10.3. The molecule has 0 saturated carbocycles. The number of aliphatic hydroxyl groups excluding tert-OH is 1. The Morgan fingerprint density at radius 1 is 1.50 bits per heavy atom. The number of nitrogens with zero attached hydrogens (tertiary/aromatic N) is 1. The molecule has 0 aliphatic carbocycles. The van der Waals surface area contributed by atoms with Gasteiger partial charge >= 0.3 is 0 Å². The van der Waals surface area contributed by atoms with Crippen LogP contribution in [0.15, 0.2) is 23.1 Å². The lowest BCUT2D eigenvalue weighted by Crippen LogP contribution is -2.30. The van der Waals surface area contributed by atoms with Gasteiger partial charge in [-0.05, 0) is 30.5 Å². The number of benzene rings is 1. The number of sulfonamides is 1. The molecule has 2 rings (SSSR count). The van der Waals surface area contributed by atoms with Crippen LogP contribution in [0.1, 0.15) is 18.9 Å². The summed E-state index contributed by atoms with van der Waals surface area (Å²) in [6, 6.07) is 4.95. The second kappa shape index (κ2) is 4.87. The molecule has 18 heavy (non-hydrogen) atoms. The Morgan fingerprint density at radius 3 is 2.78 bits per heavy atom. The molecule has 1 heterocycles. The summed E-state index contributed by atoms with van der Waals surface area (Å²) in [5.74, 6) is 0. The van der Waals surface area contributed by atoms with E-state index in [2.05, 4.69) is 0 Å². The number of anilines is 1. The predicted molar refractivity (Wildman–Crippen MR) is 69.6 cm³/mol. The van der Waals surface area contributed by atoms with Crippen LogP contribution in [-0.4, -0.2) is 37.0 Å². The fraction of sp³-hybridized carbons (Fsp3) is 0.500.